The van der Waals surface area contributed by atoms with E-state index in [-0.39, 0.29) is 0 Å². The maximum Gasteiger partial charge on any atom is -0.0191 e. The van der Waals surface area contributed by atoms with Gasteiger partial charge in [0.15, 0.2) is 0 Å². The van der Waals surface area contributed by atoms with Crippen LogP contribution in [-0.4, -0.2) is 0 Å². The third-order valence-electron chi connectivity index (χ3n) is 1.45. The zero-order valence-electron chi connectivity index (χ0n) is 5.57. The van der Waals surface area contributed by atoms with Gasteiger partial charge in [0.25, 0.3) is 0 Å². The van der Waals surface area contributed by atoms with Gasteiger partial charge in [-0.05, 0) is 19.3 Å². The van der Waals surface area contributed by atoms with Crippen molar-refractivity contribution >= 4 is 0 Å². The minimum atomic E-state index is 0.853. The summed E-state index contributed by atoms with van der Waals surface area (Å²) in [6.45, 7) is 8.08. The summed E-state index contributed by atoms with van der Waals surface area (Å²) in [7, 11) is 0. The first kappa shape index (κ1) is 5.61. The third kappa shape index (κ3) is 1.22. The highest BCUT2D eigenvalue weighted by molar-refractivity contribution is 5.29. The van der Waals surface area contributed by atoms with Crippen LogP contribution in [0.15, 0.2) is 23.8 Å². The molecule has 0 bridgehead atoms. The molecule has 0 aromatic heterocycles. The second-order valence-electron chi connectivity index (χ2n) is 2.67. The maximum absolute atomic E-state index is 3.79. The topological polar surface area (TPSA) is 0 Å². The van der Waals surface area contributed by atoms with Crippen LogP contribution in [0.1, 0.15) is 20.3 Å². The van der Waals surface area contributed by atoms with Crippen LogP contribution in [0.2, 0.25) is 0 Å². The Morgan fingerprint density at radius 1 is 1.88 bits per heavy atom. The molecule has 0 radical (unpaired) electrons. The second-order valence-corrected chi connectivity index (χ2v) is 2.67. The molecular formula is C8H12. The number of rotatable bonds is 1. The first-order valence-electron chi connectivity index (χ1n) is 3.06. The van der Waals surface area contributed by atoms with Crippen molar-refractivity contribution < 1.29 is 0 Å². The number of hydrogen-bond acceptors (Lipinski definition) is 0. The van der Waals surface area contributed by atoms with Crippen LogP contribution in [0, 0.1) is 5.92 Å². The smallest absolute Gasteiger partial charge is 0.0191 e. The zero-order valence-corrected chi connectivity index (χ0v) is 5.57. The number of hydrogen-bond donors (Lipinski definition) is 0. The molecule has 0 heteroatoms. The van der Waals surface area contributed by atoms with Crippen molar-refractivity contribution in [3.05, 3.63) is 23.8 Å². The van der Waals surface area contributed by atoms with E-state index in [0.717, 1.165) is 5.92 Å². The van der Waals surface area contributed by atoms with Gasteiger partial charge in [-0.1, -0.05) is 30.7 Å². The summed E-state index contributed by atoms with van der Waals surface area (Å²) in [6, 6.07) is 0. The van der Waals surface area contributed by atoms with Crippen LogP contribution in [-0.2, 0) is 0 Å². The number of allylic oxidation sites excluding steroid dienone is 3. The lowest BCUT2D eigenvalue weighted by Gasteiger charge is -1.79. The van der Waals surface area contributed by atoms with Crippen molar-refractivity contribution in [3.63, 3.8) is 0 Å². The van der Waals surface area contributed by atoms with E-state index in [1.54, 1.807) is 5.57 Å². The van der Waals surface area contributed by atoms with Crippen LogP contribution >= 0.6 is 0 Å². The van der Waals surface area contributed by atoms with Gasteiger partial charge in [0.2, 0.25) is 0 Å². The summed E-state index contributed by atoms with van der Waals surface area (Å²) >= 11 is 0. The van der Waals surface area contributed by atoms with Crippen LogP contribution in [0.25, 0.3) is 0 Å². The minimum absolute atomic E-state index is 0.853. The normalized spacial score (nSPS) is 30.8. The van der Waals surface area contributed by atoms with Gasteiger partial charge < -0.3 is 0 Å². The van der Waals surface area contributed by atoms with Crippen molar-refractivity contribution in [1.29, 1.82) is 0 Å². The van der Waals surface area contributed by atoms with Crippen molar-refractivity contribution in [2.24, 2.45) is 5.92 Å². The van der Waals surface area contributed by atoms with E-state index in [0.29, 0.717) is 0 Å². The van der Waals surface area contributed by atoms with Crippen molar-refractivity contribution in [2.45, 2.75) is 20.3 Å². The Kier molecular flexibility index (Phi) is 1.24. The van der Waals surface area contributed by atoms with Gasteiger partial charge >= 0.3 is 0 Å². The van der Waals surface area contributed by atoms with Crippen LogP contribution in [0.4, 0.5) is 0 Å². The molecule has 1 rings (SSSR count). The highest BCUT2D eigenvalue weighted by Gasteiger charge is 2.22. The molecular weight excluding hydrogens is 96.1 g/mol. The summed E-state index contributed by atoms with van der Waals surface area (Å²) in [5, 5.41) is 0. The molecule has 8 heavy (non-hydrogen) atoms. The molecule has 0 N–H and O–H groups in total. The average molecular weight is 108 g/mol. The van der Waals surface area contributed by atoms with Gasteiger partial charge in [-0.2, -0.15) is 0 Å². The van der Waals surface area contributed by atoms with E-state index in [1.807, 2.05) is 6.92 Å². The van der Waals surface area contributed by atoms with E-state index in [2.05, 4.69) is 19.6 Å². The van der Waals surface area contributed by atoms with E-state index >= 15 is 0 Å². The summed E-state index contributed by atoms with van der Waals surface area (Å²) in [5.74, 6) is 0.853. The predicted octanol–water partition coefficient (Wildman–Crippen LogP) is 2.53. The molecule has 44 valence electrons. The molecule has 0 heterocycles. The molecule has 1 aliphatic carbocycles. The largest absolute Gasteiger partial charge is 0.0961 e. The Morgan fingerprint density at radius 3 is 2.50 bits per heavy atom. The fourth-order valence-electron chi connectivity index (χ4n) is 0.812. The van der Waals surface area contributed by atoms with Gasteiger partial charge in [-0.15, -0.1) is 0 Å². The van der Waals surface area contributed by atoms with Gasteiger partial charge in [0, 0.05) is 0 Å². The Bertz CT molecular complexity index is 140. The molecule has 1 saturated carbocycles. The predicted molar refractivity (Wildman–Crippen MR) is 36.7 cm³/mol. The zero-order chi connectivity index (χ0) is 6.15. The summed E-state index contributed by atoms with van der Waals surface area (Å²) in [5.41, 5.74) is 2.75. The van der Waals surface area contributed by atoms with Gasteiger partial charge in [-0.25, -0.2) is 0 Å². The average Bonchev–Trinajstić information content (AvgIpc) is 2.17. The van der Waals surface area contributed by atoms with Crippen LogP contribution < -0.4 is 0 Å². The first-order valence-corrected chi connectivity index (χ1v) is 3.06. The molecule has 0 spiro atoms. The standard InChI is InChI=1S/C8H12/c1-6(2)4-8-5-7(8)3/h4,7H,1,5H2,2-3H3. The van der Waals surface area contributed by atoms with Crippen LogP contribution in [0.3, 0.4) is 0 Å². The van der Waals surface area contributed by atoms with Gasteiger partial charge in [0.1, 0.15) is 0 Å². The van der Waals surface area contributed by atoms with Crippen molar-refractivity contribution in [1.82, 2.24) is 0 Å². The minimum Gasteiger partial charge on any atom is -0.0961 e. The summed E-state index contributed by atoms with van der Waals surface area (Å²) in [6.07, 6.45) is 3.48. The molecule has 0 aliphatic heterocycles. The summed E-state index contributed by atoms with van der Waals surface area (Å²) < 4.78 is 0. The molecule has 1 atom stereocenters. The molecule has 0 amide bonds. The van der Waals surface area contributed by atoms with E-state index in [9.17, 15) is 0 Å². The molecule has 1 aliphatic rings. The molecule has 0 saturated heterocycles. The first-order chi connectivity index (χ1) is 3.70. The molecule has 1 fully saturated rings. The lowest BCUT2D eigenvalue weighted by Crippen LogP contribution is -1.60. The fourth-order valence-corrected chi connectivity index (χ4v) is 0.812. The van der Waals surface area contributed by atoms with Crippen molar-refractivity contribution in [3.8, 4) is 0 Å². The molecule has 0 aromatic carbocycles. The Labute approximate surface area is 50.9 Å². The Hall–Kier alpha value is -0.520. The van der Waals surface area contributed by atoms with E-state index < -0.39 is 0 Å². The SMILES string of the molecule is C=C(C)C=C1CC1C. The van der Waals surface area contributed by atoms with E-state index in [4.69, 9.17) is 0 Å². The third-order valence-corrected chi connectivity index (χ3v) is 1.45. The highest BCUT2D eigenvalue weighted by atomic mass is 14.3. The maximum atomic E-state index is 3.79. The highest BCUT2D eigenvalue weighted by Crippen LogP contribution is 2.37. The lowest BCUT2D eigenvalue weighted by molar-refractivity contribution is 1.02. The fraction of sp³-hybridized carbons (Fsp3) is 0.500. The molecule has 0 aromatic rings. The Balaban J connectivity index is 2.47. The summed E-state index contributed by atoms with van der Waals surface area (Å²) in [4.78, 5) is 0. The Morgan fingerprint density at radius 2 is 2.38 bits per heavy atom. The monoisotopic (exact) mass is 108 g/mol. The van der Waals surface area contributed by atoms with Gasteiger partial charge in [0.05, 0.1) is 0 Å². The van der Waals surface area contributed by atoms with Crippen LogP contribution in [0.5, 0.6) is 0 Å². The quantitative estimate of drug-likeness (QED) is 0.484. The molecule has 1 unspecified atom stereocenters. The second kappa shape index (κ2) is 1.77. The van der Waals surface area contributed by atoms with Gasteiger partial charge in [-0.3, -0.25) is 0 Å². The van der Waals surface area contributed by atoms with Crippen molar-refractivity contribution in [2.75, 3.05) is 0 Å². The lowest BCUT2D eigenvalue weighted by atomic mass is 10.3. The van der Waals surface area contributed by atoms with E-state index in [1.165, 1.54) is 12.0 Å². The molecule has 0 nitrogen and oxygen atoms in total.